The number of carbonyl (C=O) groups is 7. The fourth-order valence-corrected chi connectivity index (χ4v) is 27.0. The van der Waals surface area contributed by atoms with Crippen molar-refractivity contribution in [1.82, 2.24) is 21.9 Å². The van der Waals surface area contributed by atoms with Crippen molar-refractivity contribution in [2.24, 2.45) is 5.73 Å². The summed E-state index contributed by atoms with van der Waals surface area (Å²) < 4.78 is 43.2. The van der Waals surface area contributed by atoms with Gasteiger partial charge in [0.25, 0.3) is 25.9 Å². The maximum absolute atomic E-state index is 10.9. The van der Waals surface area contributed by atoms with Gasteiger partial charge in [-0.2, -0.15) is 21.9 Å². The zero-order valence-electron chi connectivity index (χ0n) is 70.0. The van der Waals surface area contributed by atoms with Crippen LogP contribution in [0.1, 0.15) is 113 Å². The van der Waals surface area contributed by atoms with Crippen molar-refractivity contribution in [2.45, 2.75) is 140 Å². The molecule has 0 aliphatic carbocycles. The number of aryl methyl sites for hydroxylation is 13. The first-order chi connectivity index (χ1) is 60.3. The standard InChI is InChI=1S/C23H21NO4S3.C22H20N2O4S3.C19H16N2O2S3.C16H18O4S2.C12H15NS2/c1-13-15(3-6-22(26)27)9-21(30-13)18-5-4-17(19-11-24-31-23(18)19)20-10-16(14(2)29-20)7-8-28-12-25;1-12-14(3-6-20(26)27)9-18(29-12)16-4-5-17(22-21(16)23-31-24-22)19-10-15(13(2)30-19)7-8-28-11-25;1-11-3-6-16(24-11)14-4-5-15(19-18(14)20-26-21-19)17-9-13(12(2)25-17)7-8-23-10-22;1-10-7-12(3-4-14(18)19)15(21-10)16-13(5-6-20-9-17)8-11(2)22-16;1-8-3-4-11(14-8)12-10(5-6-13)7-9(2)15-12/h4-5,9-12H,3,6-8H2,1-2H3,(H,26,27);4-5,9-11H,3,6-8H2,1-2H3,(H,26,27);3-6,9-10H,7-8H2,1-2H3;7-9H,3-6H2,1-2H3,(H,18,19);3-4,7H,5-6,13H2,1-2H3. The summed E-state index contributed by atoms with van der Waals surface area (Å²) in [6.45, 7) is 25.0. The van der Waals surface area contributed by atoms with Crippen LogP contribution in [-0.2, 0) is 104 Å². The van der Waals surface area contributed by atoms with E-state index < -0.39 is 17.9 Å². The van der Waals surface area contributed by atoms with Gasteiger partial charge in [0.15, 0.2) is 0 Å². The van der Waals surface area contributed by atoms with Gasteiger partial charge in [-0.05, 0) is 230 Å². The second-order valence-corrected chi connectivity index (χ2v) is 43.5. The first kappa shape index (κ1) is 94.6. The minimum atomic E-state index is -0.786. The number of carboxylic acids is 3. The molecule has 20 nitrogen and oxygen atoms in total. The molecular formula is C92H90N6O14S13. The molecule has 0 saturated heterocycles. The van der Waals surface area contributed by atoms with Crippen molar-refractivity contribution in [1.29, 1.82) is 0 Å². The quantitative estimate of drug-likeness (QED) is 0.0163. The van der Waals surface area contributed by atoms with Gasteiger partial charge in [-0.25, -0.2) is 0 Å². The van der Waals surface area contributed by atoms with Crippen LogP contribution in [0, 0.1) is 69.2 Å². The van der Waals surface area contributed by atoms with Crippen LogP contribution in [0.15, 0.2) is 115 Å². The number of carbonyl (C=O) groups excluding carboxylic acids is 4. The molecule has 13 heterocycles. The summed E-state index contributed by atoms with van der Waals surface area (Å²) in [5.74, 6) is -2.34. The number of ether oxygens (including phenoxy) is 4. The highest BCUT2D eigenvalue weighted by atomic mass is 32.2. The van der Waals surface area contributed by atoms with Gasteiger partial charge in [-0.15, -0.1) is 113 Å². The van der Waals surface area contributed by atoms with E-state index in [9.17, 15) is 33.6 Å². The number of hydrogen-bond donors (Lipinski definition) is 4. The molecule has 13 aromatic heterocycles. The van der Waals surface area contributed by atoms with Crippen molar-refractivity contribution in [2.75, 3.05) is 33.0 Å². The highest BCUT2D eigenvalue weighted by Crippen LogP contribution is 2.48. The van der Waals surface area contributed by atoms with Crippen molar-refractivity contribution >= 4 is 224 Å². The molecule has 0 spiro atoms. The van der Waals surface area contributed by atoms with Crippen LogP contribution in [-0.4, -0.2) is 114 Å². The van der Waals surface area contributed by atoms with Gasteiger partial charge >= 0.3 is 17.9 Å². The molecule has 3 aromatic carbocycles. The number of aliphatic carboxylic acids is 3. The number of nitrogens with zero attached hydrogens (tertiary/aromatic N) is 5. The Bertz CT molecular complexity index is 6250. The normalized spacial score (nSPS) is 11.0. The third-order valence-electron chi connectivity index (χ3n) is 20.2. The lowest BCUT2D eigenvalue weighted by atomic mass is 10.0. The summed E-state index contributed by atoms with van der Waals surface area (Å²) in [6.07, 6.45) is 7.72. The third-order valence-corrected chi connectivity index (χ3v) is 33.4. The molecule has 16 aromatic rings. The van der Waals surface area contributed by atoms with Gasteiger partial charge in [0.05, 0.1) is 54.6 Å². The highest BCUT2D eigenvalue weighted by Gasteiger charge is 2.24. The monoisotopic (exact) mass is 1920 g/mol. The van der Waals surface area contributed by atoms with E-state index >= 15 is 0 Å². The molecule has 0 amide bonds. The van der Waals surface area contributed by atoms with Gasteiger partial charge in [0, 0.05) is 187 Å². The molecule has 33 heteroatoms. The van der Waals surface area contributed by atoms with Gasteiger partial charge < -0.3 is 40.0 Å². The molecule has 125 heavy (non-hydrogen) atoms. The number of nitrogens with two attached hydrogens (primary N) is 1. The van der Waals surface area contributed by atoms with Gasteiger partial charge in [0.1, 0.15) is 22.1 Å². The Morgan fingerprint density at radius 1 is 0.328 bits per heavy atom. The van der Waals surface area contributed by atoms with E-state index in [1.807, 2.05) is 49.6 Å². The molecule has 0 aliphatic heterocycles. The predicted molar refractivity (Wildman–Crippen MR) is 520 cm³/mol. The Morgan fingerprint density at radius 2 is 0.632 bits per heavy atom. The maximum atomic E-state index is 10.9. The molecule has 16 rings (SSSR count). The summed E-state index contributed by atoms with van der Waals surface area (Å²) in [4.78, 5) is 98.6. The summed E-state index contributed by atoms with van der Waals surface area (Å²) in [5.41, 5.74) is 25.3. The lowest BCUT2D eigenvalue weighted by Gasteiger charge is -2.05. The highest BCUT2D eigenvalue weighted by molar-refractivity contribution is 7.23. The minimum Gasteiger partial charge on any atom is -0.481 e. The Labute approximate surface area is 776 Å². The van der Waals surface area contributed by atoms with Crippen LogP contribution >= 0.6 is 148 Å². The first-order valence-corrected chi connectivity index (χ1v) is 50.1. The summed E-state index contributed by atoms with van der Waals surface area (Å²) in [7, 11) is 0. The molecule has 0 radical (unpaired) electrons. The SMILES string of the molecule is Cc1cc(CCOC=O)c(-c2sc(C)cc2CCC(=O)O)s1.Cc1ccc(-c2ccc(-c3cc(CCOC=O)c(C)s3)c3nsnc23)s1.Cc1ccc(-c2sc(C)cc2CCN)s1.Cc1sc(-c2ccc(-c3cc(CCC(=O)O)c(C)s3)c3nsnc23)cc1CCOC=O.Cc1sc(-c2ccc(-c3cc(CCC(=O)O)c(C)s3)c3sncc23)cc1CCOC=O. The van der Waals surface area contributed by atoms with Gasteiger partial charge in [0.2, 0.25) is 0 Å². The Hall–Kier alpha value is -9.56. The average molecular weight is 1920 g/mol. The number of aromatic nitrogens is 5. The lowest BCUT2D eigenvalue weighted by molar-refractivity contribution is -0.138. The molecule has 0 saturated carbocycles. The number of thiophene rings is 10. The average Bonchev–Trinajstić information content (AvgIpc) is 1.63. The van der Waals surface area contributed by atoms with Crippen molar-refractivity contribution in [3.05, 3.63) is 209 Å². The van der Waals surface area contributed by atoms with E-state index in [1.165, 1.54) is 126 Å². The van der Waals surface area contributed by atoms with Crippen molar-refractivity contribution in [3.63, 3.8) is 0 Å². The minimum absolute atomic E-state index is 0.127. The lowest BCUT2D eigenvalue weighted by Crippen LogP contribution is -2.02. The molecular weight excluding hydrogens is 1830 g/mol. The largest absolute Gasteiger partial charge is 0.481 e. The van der Waals surface area contributed by atoms with E-state index in [1.54, 1.807) is 90.7 Å². The predicted octanol–water partition coefficient (Wildman–Crippen LogP) is 24.5. The summed E-state index contributed by atoms with van der Waals surface area (Å²) >= 11 is 21.4. The zero-order chi connectivity index (χ0) is 89.0. The second kappa shape index (κ2) is 45.2. The topological polar surface area (TPSA) is 308 Å². The Kier molecular flexibility index (Phi) is 34.2. The van der Waals surface area contributed by atoms with Gasteiger partial charge in [-0.1, -0.05) is 36.4 Å². The van der Waals surface area contributed by atoms with E-state index in [0.717, 1.165) is 136 Å². The van der Waals surface area contributed by atoms with Crippen LogP contribution < -0.4 is 5.73 Å². The molecule has 0 atom stereocenters. The smallest absolute Gasteiger partial charge is 0.303 e. The zero-order valence-corrected chi connectivity index (χ0v) is 80.7. The van der Waals surface area contributed by atoms with Crippen LogP contribution in [0.5, 0.6) is 0 Å². The van der Waals surface area contributed by atoms with E-state index in [-0.39, 0.29) is 19.3 Å². The van der Waals surface area contributed by atoms with E-state index in [2.05, 4.69) is 180 Å². The van der Waals surface area contributed by atoms with Gasteiger partial charge in [-0.3, -0.25) is 33.6 Å². The molecule has 0 unspecified atom stereocenters. The van der Waals surface area contributed by atoms with E-state index in [4.69, 9.17) is 40.0 Å². The molecule has 0 bridgehead atoms. The molecule has 0 fully saturated rings. The van der Waals surface area contributed by atoms with Crippen LogP contribution in [0.3, 0.4) is 0 Å². The molecule has 0 aliphatic rings. The first-order valence-electron chi connectivity index (χ1n) is 39.7. The Morgan fingerprint density at radius 3 is 0.992 bits per heavy atom. The van der Waals surface area contributed by atoms with E-state index in [0.29, 0.717) is 90.8 Å². The fraction of sp³-hybridized carbons (Fsp3) is 0.283. The number of carboxylic acid groups (broad SMARTS) is 3. The number of rotatable bonds is 35. The number of benzene rings is 3. The maximum Gasteiger partial charge on any atom is 0.303 e. The molecule has 5 N–H and O–H groups in total. The van der Waals surface area contributed by atoms with Crippen molar-refractivity contribution < 1.29 is 67.8 Å². The second-order valence-electron chi connectivity index (χ2n) is 29.0. The third kappa shape index (κ3) is 24.4. The van der Waals surface area contributed by atoms with Crippen LogP contribution in [0.2, 0.25) is 0 Å². The summed E-state index contributed by atoms with van der Waals surface area (Å²) in [5, 5.41) is 28.0. The summed E-state index contributed by atoms with van der Waals surface area (Å²) in [6, 6.07) is 38.6. The Balaban J connectivity index is 0.000000145. The number of hydrogen-bond acceptors (Lipinski definition) is 30. The molecule has 650 valence electrons. The number of fused-ring (bicyclic) bond motifs is 3. The van der Waals surface area contributed by atoms with Crippen LogP contribution in [0.25, 0.3) is 114 Å². The fourth-order valence-electron chi connectivity index (χ4n) is 14.1. The van der Waals surface area contributed by atoms with Crippen LogP contribution in [0.4, 0.5) is 0 Å². The van der Waals surface area contributed by atoms with Crippen molar-refractivity contribution in [3.8, 4) is 82.2 Å².